The molecule has 2 rings (SSSR count). The van der Waals surface area contributed by atoms with Crippen molar-refractivity contribution in [3.8, 4) is 11.5 Å². The van der Waals surface area contributed by atoms with Crippen molar-refractivity contribution in [3.05, 3.63) is 45.7 Å². The highest BCUT2D eigenvalue weighted by atomic mass is 19.3. The minimum atomic E-state index is -2.98. The van der Waals surface area contributed by atoms with Crippen LogP contribution in [0.3, 0.4) is 0 Å². The van der Waals surface area contributed by atoms with Gasteiger partial charge in [-0.3, -0.25) is 0 Å². The van der Waals surface area contributed by atoms with Gasteiger partial charge in [-0.2, -0.15) is 8.78 Å². The zero-order valence-electron chi connectivity index (χ0n) is 9.60. The zero-order chi connectivity index (χ0) is 14.7. The summed E-state index contributed by atoms with van der Waals surface area (Å²) in [4.78, 5) is 2.38. The van der Waals surface area contributed by atoms with Gasteiger partial charge in [-0.25, -0.2) is 8.78 Å². The summed E-state index contributed by atoms with van der Waals surface area (Å²) in [6.45, 7) is -0.513. The second-order valence-corrected chi connectivity index (χ2v) is 3.55. The Bertz CT molecular complexity index is 657. The van der Waals surface area contributed by atoms with E-state index in [1.807, 2.05) is 0 Å². The summed E-state index contributed by atoms with van der Waals surface area (Å²) >= 11 is 0. The molecule has 1 aromatic heterocycles. The van der Waals surface area contributed by atoms with E-state index in [1.165, 1.54) is 0 Å². The number of rotatable bonds is 4. The standard InChI is InChI=1S/C10H5F4N5O/c11-6-1-4(2-7(12)5(6)3-16-19-15)9-17-18-10(20-9)8(13)14/h1-2,8H,3H2. The van der Waals surface area contributed by atoms with Gasteiger partial charge in [0, 0.05) is 16.0 Å². The van der Waals surface area contributed by atoms with E-state index in [0.29, 0.717) is 0 Å². The fourth-order valence-electron chi connectivity index (χ4n) is 1.42. The molecule has 6 nitrogen and oxygen atoms in total. The fourth-order valence-corrected chi connectivity index (χ4v) is 1.42. The number of nitrogens with zero attached hydrogens (tertiary/aromatic N) is 5. The van der Waals surface area contributed by atoms with E-state index in [-0.39, 0.29) is 5.56 Å². The lowest BCUT2D eigenvalue weighted by molar-refractivity contribution is 0.116. The first-order valence-corrected chi connectivity index (χ1v) is 5.13. The van der Waals surface area contributed by atoms with E-state index in [1.54, 1.807) is 0 Å². The maximum absolute atomic E-state index is 13.6. The van der Waals surface area contributed by atoms with Crippen molar-refractivity contribution in [3.63, 3.8) is 0 Å². The quantitative estimate of drug-likeness (QED) is 0.371. The number of hydrogen-bond donors (Lipinski definition) is 0. The largest absolute Gasteiger partial charge is 0.415 e. The van der Waals surface area contributed by atoms with E-state index in [0.717, 1.165) is 12.1 Å². The van der Waals surface area contributed by atoms with Crippen LogP contribution in [0.15, 0.2) is 21.7 Å². The summed E-state index contributed by atoms with van der Waals surface area (Å²) in [7, 11) is 0. The molecular formula is C10H5F4N5O. The van der Waals surface area contributed by atoms with Gasteiger partial charge in [0.2, 0.25) is 5.89 Å². The predicted octanol–water partition coefficient (Wildman–Crippen LogP) is 3.76. The van der Waals surface area contributed by atoms with Gasteiger partial charge in [0.1, 0.15) is 11.6 Å². The Morgan fingerprint density at radius 1 is 1.25 bits per heavy atom. The van der Waals surface area contributed by atoms with Gasteiger partial charge >= 0.3 is 6.43 Å². The van der Waals surface area contributed by atoms with Crippen LogP contribution < -0.4 is 0 Å². The van der Waals surface area contributed by atoms with E-state index in [9.17, 15) is 17.6 Å². The van der Waals surface area contributed by atoms with Crippen LogP contribution in [0.2, 0.25) is 0 Å². The molecule has 0 unspecified atom stereocenters. The molecule has 0 atom stereocenters. The summed E-state index contributed by atoms with van der Waals surface area (Å²) in [6.07, 6.45) is -2.98. The van der Waals surface area contributed by atoms with Gasteiger partial charge < -0.3 is 4.42 Å². The monoisotopic (exact) mass is 287 g/mol. The third kappa shape index (κ3) is 2.69. The average molecular weight is 287 g/mol. The molecule has 0 radical (unpaired) electrons. The molecule has 0 aliphatic rings. The Labute approximate surface area is 108 Å². The van der Waals surface area contributed by atoms with Gasteiger partial charge in [0.25, 0.3) is 5.89 Å². The normalized spacial score (nSPS) is 10.7. The Balaban J connectivity index is 2.40. The SMILES string of the molecule is [N-]=[N+]=NCc1c(F)cc(-c2nnc(C(F)F)o2)cc1F. The zero-order valence-corrected chi connectivity index (χ0v) is 9.60. The Kier molecular flexibility index (Phi) is 3.85. The molecule has 0 aliphatic heterocycles. The lowest BCUT2D eigenvalue weighted by atomic mass is 10.1. The number of hydrogen-bond acceptors (Lipinski definition) is 4. The highest BCUT2D eigenvalue weighted by Crippen LogP contribution is 2.26. The molecule has 1 aromatic carbocycles. The molecule has 0 spiro atoms. The summed E-state index contributed by atoms with van der Waals surface area (Å²) in [5.41, 5.74) is 7.47. The van der Waals surface area contributed by atoms with Crippen molar-refractivity contribution in [2.24, 2.45) is 5.11 Å². The highest BCUT2D eigenvalue weighted by Gasteiger charge is 2.19. The number of aromatic nitrogens is 2. The van der Waals surface area contributed by atoms with Crippen LogP contribution in [0.4, 0.5) is 17.6 Å². The third-order valence-electron chi connectivity index (χ3n) is 2.31. The molecule has 10 heteroatoms. The topological polar surface area (TPSA) is 87.7 Å². The van der Waals surface area contributed by atoms with Crippen molar-refractivity contribution < 1.29 is 22.0 Å². The molecule has 104 valence electrons. The summed E-state index contributed by atoms with van der Waals surface area (Å²) in [5, 5.41) is 9.36. The average Bonchev–Trinajstić information content (AvgIpc) is 2.87. The number of azide groups is 1. The van der Waals surface area contributed by atoms with Gasteiger partial charge in [-0.15, -0.1) is 10.2 Å². The van der Waals surface area contributed by atoms with Crippen molar-refractivity contribution in [1.29, 1.82) is 0 Å². The maximum atomic E-state index is 13.6. The van der Waals surface area contributed by atoms with Crippen molar-refractivity contribution in [2.45, 2.75) is 13.0 Å². The number of benzene rings is 1. The molecule has 2 aromatic rings. The Morgan fingerprint density at radius 2 is 1.90 bits per heavy atom. The molecule has 1 heterocycles. The molecule has 0 N–H and O–H groups in total. The lowest BCUT2D eigenvalue weighted by Crippen LogP contribution is -1.95. The maximum Gasteiger partial charge on any atom is 0.314 e. The third-order valence-corrected chi connectivity index (χ3v) is 2.31. The lowest BCUT2D eigenvalue weighted by Gasteiger charge is -2.03. The van der Waals surface area contributed by atoms with Crippen LogP contribution in [0.5, 0.6) is 0 Å². The van der Waals surface area contributed by atoms with Gasteiger partial charge in [0.15, 0.2) is 0 Å². The van der Waals surface area contributed by atoms with Gasteiger partial charge in [-0.05, 0) is 17.7 Å². The van der Waals surface area contributed by atoms with E-state index in [4.69, 9.17) is 5.53 Å². The molecule has 20 heavy (non-hydrogen) atoms. The first-order chi connectivity index (χ1) is 9.52. The molecule has 0 aliphatic carbocycles. The van der Waals surface area contributed by atoms with Crippen LogP contribution in [-0.2, 0) is 6.54 Å². The highest BCUT2D eigenvalue weighted by molar-refractivity contribution is 5.54. The van der Waals surface area contributed by atoms with Gasteiger partial charge in [-0.1, -0.05) is 5.11 Å². The predicted molar refractivity (Wildman–Crippen MR) is 57.5 cm³/mol. The minimum Gasteiger partial charge on any atom is -0.415 e. The minimum absolute atomic E-state index is 0.191. The van der Waals surface area contributed by atoms with Crippen molar-refractivity contribution in [2.75, 3.05) is 0 Å². The summed E-state index contributed by atoms with van der Waals surface area (Å²) < 4.78 is 56.4. The Morgan fingerprint density at radius 3 is 2.40 bits per heavy atom. The first-order valence-electron chi connectivity index (χ1n) is 5.13. The van der Waals surface area contributed by atoms with Gasteiger partial charge in [0.05, 0.1) is 6.54 Å². The first kappa shape index (κ1) is 13.8. The van der Waals surface area contributed by atoms with Crippen LogP contribution in [0, 0.1) is 11.6 Å². The van der Waals surface area contributed by atoms with Crippen molar-refractivity contribution >= 4 is 0 Å². The van der Waals surface area contributed by atoms with E-state index in [2.05, 4.69) is 24.6 Å². The molecule has 0 bridgehead atoms. The smallest absolute Gasteiger partial charge is 0.314 e. The second-order valence-electron chi connectivity index (χ2n) is 3.55. The molecule has 0 amide bonds. The van der Waals surface area contributed by atoms with E-state index < -0.39 is 41.9 Å². The molecule has 0 fully saturated rings. The molecule has 0 saturated heterocycles. The number of halogens is 4. The summed E-state index contributed by atoms with van der Waals surface area (Å²) in [6, 6.07) is 1.65. The van der Waals surface area contributed by atoms with Crippen LogP contribution in [0.1, 0.15) is 17.9 Å². The van der Waals surface area contributed by atoms with Crippen LogP contribution >= 0.6 is 0 Å². The van der Waals surface area contributed by atoms with Crippen molar-refractivity contribution in [1.82, 2.24) is 10.2 Å². The number of alkyl halides is 2. The fraction of sp³-hybridized carbons (Fsp3) is 0.200. The van der Waals surface area contributed by atoms with Crippen LogP contribution in [0.25, 0.3) is 21.9 Å². The van der Waals surface area contributed by atoms with Crippen LogP contribution in [-0.4, -0.2) is 10.2 Å². The Hall–Kier alpha value is -2.61. The molecular weight excluding hydrogens is 282 g/mol. The second kappa shape index (κ2) is 5.57. The summed E-state index contributed by atoms with van der Waals surface area (Å²) in [5.74, 6) is -3.40. The molecule has 0 saturated carbocycles. The van der Waals surface area contributed by atoms with E-state index >= 15 is 0 Å².